The molecule has 1 aromatic heterocycles. The topological polar surface area (TPSA) is 50.6 Å². The van der Waals surface area contributed by atoms with Gasteiger partial charge in [0.05, 0.1) is 19.7 Å². The van der Waals surface area contributed by atoms with Crippen LogP contribution in [0.1, 0.15) is 30.7 Å². The summed E-state index contributed by atoms with van der Waals surface area (Å²) in [5.74, 6) is 2.00. The second kappa shape index (κ2) is 12.3. The number of carbonyl (C=O) groups is 1. The molecule has 6 nitrogen and oxygen atoms in total. The summed E-state index contributed by atoms with van der Waals surface area (Å²) in [7, 11) is 0. The molecule has 1 aliphatic heterocycles. The molecule has 0 bridgehead atoms. The molecule has 2 aromatic carbocycles. The Morgan fingerprint density at radius 3 is 2.51 bits per heavy atom. The molecule has 1 amide bonds. The van der Waals surface area contributed by atoms with Crippen LogP contribution in [0, 0.1) is 12.8 Å². The Morgan fingerprint density at radius 1 is 1.09 bits per heavy atom. The molecule has 9 heteroatoms. The van der Waals surface area contributed by atoms with Crippen LogP contribution in [0.15, 0.2) is 53.0 Å². The zero-order chi connectivity index (χ0) is 24.2. The highest BCUT2D eigenvalue weighted by Gasteiger charge is 2.27. The zero-order valence-electron chi connectivity index (χ0n) is 20.2. The van der Waals surface area contributed by atoms with E-state index in [2.05, 4.69) is 46.8 Å². The number of carbonyl (C=O) groups excluding carboxylic acids is 1. The summed E-state index contributed by atoms with van der Waals surface area (Å²) in [4.78, 5) is 16.9. The first-order valence-corrected chi connectivity index (χ1v) is 12.7. The average molecular weight is 582 g/mol. The molecule has 0 atom stereocenters. The Bertz CT molecular complexity index is 1150. The highest BCUT2D eigenvalue weighted by atomic mass is 79.9. The van der Waals surface area contributed by atoms with Crippen molar-refractivity contribution in [2.24, 2.45) is 5.92 Å². The van der Waals surface area contributed by atoms with Crippen LogP contribution >= 0.6 is 39.9 Å². The number of anilines is 1. The van der Waals surface area contributed by atoms with Crippen LogP contribution in [0.5, 0.6) is 5.75 Å². The number of nitrogens with zero attached hydrogens (tertiary/aromatic N) is 4. The summed E-state index contributed by atoms with van der Waals surface area (Å²) in [6, 6.07) is 15.9. The van der Waals surface area contributed by atoms with Gasteiger partial charge >= 0.3 is 0 Å². The normalized spacial score (nSPS) is 14.3. The number of rotatable bonds is 8. The van der Waals surface area contributed by atoms with E-state index in [0.29, 0.717) is 43.0 Å². The van der Waals surface area contributed by atoms with Gasteiger partial charge in [0, 0.05) is 46.5 Å². The number of benzene rings is 2. The standard InChI is InChI=1S/C26H30BrClN4O2.ClH/c1-18(2)17-34-24-9-8-23(28)13-21(24)15-32-19(3)12-25(29-32)31-11-10-30(16-26(31)33)14-20-4-6-22(27)7-5-20;/h4-9,12-13,18H,10-11,14-17H2,1-3H3;1H. The number of ether oxygens (including phenoxy) is 1. The highest BCUT2D eigenvalue weighted by Crippen LogP contribution is 2.26. The summed E-state index contributed by atoms with van der Waals surface area (Å²) in [6.07, 6.45) is 0. The van der Waals surface area contributed by atoms with E-state index in [9.17, 15) is 4.79 Å². The van der Waals surface area contributed by atoms with Gasteiger partial charge in [-0.25, -0.2) is 0 Å². The van der Waals surface area contributed by atoms with E-state index in [1.54, 1.807) is 4.90 Å². The number of aromatic nitrogens is 2. The lowest BCUT2D eigenvalue weighted by Crippen LogP contribution is -2.50. The molecule has 0 unspecified atom stereocenters. The van der Waals surface area contributed by atoms with Gasteiger partial charge in [0.1, 0.15) is 5.75 Å². The molecular formula is C26H31BrCl2N4O2. The van der Waals surface area contributed by atoms with Crippen LogP contribution in [0.4, 0.5) is 5.82 Å². The number of piperazine rings is 1. The molecule has 1 saturated heterocycles. The van der Waals surface area contributed by atoms with Crippen molar-refractivity contribution in [2.75, 3.05) is 31.1 Å². The van der Waals surface area contributed by atoms with Gasteiger partial charge < -0.3 is 4.74 Å². The lowest BCUT2D eigenvalue weighted by atomic mass is 10.2. The maximum Gasteiger partial charge on any atom is 0.242 e. The van der Waals surface area contributed by atoms with Crippen molar-refractivity contribution in [1.29, 1.82) is 0 Å². The first-order valence-electron chi connectivity index (χ1n) is 11.5. The fourth-order valence-corrected chi connectivity index (χ4v) is 4.42. The van der Waals surface area contributed by atoms with Gasteiger partial charge in [-0.2, -0.15) is 5.10 Å². The number of hydrogen-bond acceptors (Lipinski definition) is 4. The number of aryl methyl sites for hydroxylation is 1. The van der Waals surface area contributed by atoms with Gasteiger partial charge in [-0.3, -0.25) is 19.3 Å². The van der Waals surface area contributed by atoms with E-state index in [1.807, 2.05) is 48.0 Å². The monoisotopic (exact) mass is 580 g/mol. The molecule has 35 heavy (non-hydrogen) atoms. The van der Waals surface area contributed by atoms with Crippen LogP contribution in [-0.2, 0) is 17.9 Å². The molecule has 1 fully saturated rings. The van der Waals surface area contributed by atoms with E-state index in [0.717, 1.165) is 34.6 Å². The van der Waals surface area contributed by atoms with Crippen molar-refractivity contribution in [3.05, 3.63) is 74.8 Å². The minimum atomic E-state index is 0. The Labute approximate surface area is 226 Å². The summed E-state index contributed by atoms with van der Waals surface area (Å²) in [6.45, 7) is 9.96. The molecule has 4 rings (SSSR count). The van der Waals surface area contributed by atoms with Gasteiger partial charge in [0.15, 0.2) is 5.82 Å². The highest BCUT2D eigenvalue weighted by molar-refractivity contribution is 9.10. The van der Waals surface area contributed by atoms with E-state index < -0.39 is 0 Å². The fourth-order valence-electron chi connectivity index (χ4n) is 3.96. The van der Waals surface area contributed by atoms with Crippen LogP contribution < -0.4 is 9.64 Å². The second-order valence-electron chi connectivity index (χ2n) is 9.14. The number of hydrogen-bond donors (Lipinski definition) is 0. The third kappa shape index (κ3) is 7.23. The Hall–Kier alpha value is -2.06. The maximum absolute atomic E-state index is 13.0. The second-order valence-corrected chi connectivity index (χ2v) is 10.5. The van der Waals surface area contributed by atoms with Gasteiger partial charge in [0.2, 0.25) is 5.91 Å². The van der Waals surface area contributed by atoms with Crippen molar-refractivity contribution in [2.45, 2.75) is 33.9 Å². The smallest absolute Gasteiger partial charge is 0.242 e. The van der Waals surface area contributed by atoms with E-state index >= 15 is 0 Å². The predicted octanol–water partition coefficient (Wildman–Crippen LogP) is 5.96. The van der Waals surface area contributed by atoms with Crippen LogP contribution in [0.25, 0.3) is 0 Å². The molecule has 1 aliphatic rings. The number of amides is 1. The lowest BCUT2D eigenvalue weighted by Gasteiger charge is -2.33. The molecule has 0 radical (unpaired) electrons. The van der Waals surface area contributed by atoms with Gasteiger partial charge in [-0.15, -0.1) is 12.4 Å². The van der Waals surface area contributed by atoms with Gasteiger partial charge in [0.25, 0.3) is 0 Å². The van der Waals surface area contributed by atoms with Crippen LogP contribution in [0.3, 0.4) is 0 Å². The minimum Gasteiger partial charge on any atom is -0.493 e. The van der Waals surface area contributed by atoms with Crippen LogP contribution in [0.2, 0.25) is 5.02 Å². The van der Waals surface area contributed by atoms with E-state index in [4.69, 9.17) is 21.4 Å². The first-order chi connectivity index (χ1) is 16.3. The molecule has 188 valence electrons. The zero-order valence-corrected chi connectivity index (χ0v) is 23.4. The summed E-state index contributed by atoms with van der Waals surface area (Å²) in [5, 5.41) is 5.42. The van der Waals surface area contributed by atoms with Crippen LogP contribution in [-0.4, -0.2) is 46.8 Å². The molecule has 2 heterocycles. The average Bonchev–Trinajstić information content (AvgIpc) is 3.14. The quantitative estimate of drug-likeness (QED) is 0.329. The molecule has 0 spiro atoms. The Morgan fingerprint density at radius 2 is 1.83 bits per heavy atom. The fraction of sp³-hybridized carbons (Fsp3) is 0.385. The third-order valence-electron chi connectivity index (χ3n) is 5.78. The van der Waals surface area contributed by atoms with Crippen molar-refractivity contribution >= 4 is 51.7 Å². The summed E-state index contributed by atoms with van der Waals surface area (Å²) < 4.78 is 8.96. The summed E-state index contributed by atoms with van der Waals surface area (Å²) >= 11 is 9.73. The SMILES string of the molecule is Cc1cc(N2CCN(Cc3ccc(Br)cc3)CC2=O)nn1Cc1cc(Cl)ccc1OCC(C)C.Cl. The maximum atomic E-state index is 13.0. The Kier molecular flexibility index (Phi) is 9.64. The predicted molar refractivity (Wildman–Crippen MR) is 147 cm³/mol. The molecule has 0 saturated carbocycles. The van der Waals surface area contributed by atoms with Crippen molar-refractivity contribution in [1.82, 2.24) is 14.7 Å². The largest absolute Gasteiger partial charge is 0.493 e. The van der Waals surface area contributed by atoms with Gasteiger partial charge in [-0.05, 0) is 48.7 Å². The molecular weight excluding hydrogens is 551 g/mol. The summed E-state index contributed by atoms with van der Waals surface area (Å²) in [5.41, 5.74) is 3.15. The lowest BCUT2D eigenvalue weighted by molar-refractivity contribution is -0.121. The van der Waals surface area contributed by atoms with Crippen molar-refractivity contribution in [3.63, 3.8) is 0 Å². The Balaban J connectivity index is 0.00000342. The van der Waals surface area contributed by atoms with Gasteiger partial charge in [-0.1, -0.05) is 53.5 Å². The number of halogens is 3. The molecule has 0 N–H and O–H groups in total. The van der Waals surface area contributed by atoms with Crippen molar-refractivity contribution < 1.29 is 9.53 Å². The third-order valence-corrected chi connectivity index (χ3v) is 6.54. The first kappa shape index (κ1) is 27.5. The minimum absolute atomic E-state index is 0. The molecule has 3 aromatic rings. The van der Waals surface area contributed by atoms with E-state index in [1.165, 1.54) is 5.56 Å². The van der Waals surface area contributed by atoms with Crippen molar-refractivity contribution in [3.8, 4) is 5.75 Å². The van der Waals surface area contributed by atoms with E-state index in [-0.39, 0.29) is 18.3 Å². The molecule has 0 aliphatic carbocycles.